The van der Waals surface area contributed by atoms with Gasteiger partial charge < -0.3 is 19.6 Å². The van der Waals surface area contributed by atoms with Gasteiger partial charge in [-0.1, -0.05) is 5.16 Å². The molecular formula is C18H29IN6O2. The molecule has 2 aromatic rings. The van der Waals surface area contributed by atoms with Gasteiger partial charge in [0.25, 0.3) is 0 Å². The highest BCUT2D eigenvalue weighted by atomic mass is 127. The molecule has 1 saturated heterocycles. The quantitative estimate of drug-likeness (QED) is 0.255. The van der Waals surface area contributed by atoms with Gasteiger partial charge in [0.1, 0.15) is 5.76 Å². The second kappa shape index (κ2) is 11.3. The predicted octanol–water partition coefficient (Wildman–Crippen LogP) is 2.52. The van der Waals surface area contributed by atoms with E-state index in [1.807, 2.05) is 19.1 Å². The Morgan fingerprint density at radius 2 is 2.15 bits per heavy atom. The molecule has 2 N–H and O–H groups in total. The van der Waals surface area contributed by atoms with E-state index < -0.39 is 0 Å². The molecule has 3 heterocycles. The topological polar surface area (TPSA) is 91.7 Å². The van der Waals surface area contributed by atoms with E-state index in [0.717, 1.165) is 50.7 Å². The number of likely N-dealkylation sites (tertiary alicyclic amines) is 1. The molecule has 8 nitrogen and oxygen atoms in total. The van der Waals surface area contributed by atoms with E-state index in [1.165, 1.54) is 12.8 Å². The third kappa shape index (κ3) is 6.49. The van der Waals surface area contributed by atoms with Gasteiger partial charge in [-0.3, -0.25) is 9.89 Å². The normalized spacial score (nSPS) is 16.1. The summed E-state index contributed by atoms with van der Waals surface area (Å²) in [6.45, 7) is 5.60. The largest absolute Gasteiger partial charge is 0.468 e. The molecule has 0 aliphatic carbocycles. The van der Waals surface area contributed by atoms with Crippen LogP contribution in [0, 0.1) is 6.92 Å². The minimum atomic E-state index is 0. The second-order valence-corrected chi connectivity index (χ2v) is 6.49. The first-order valence-corrected chi connectivity index (χ1v) is 9.27. The summed E-state index contributed by atoms with van der Waals surface area (Å²) in [5.74, 6) is 3.15. The summed E-state index contributed by atoms with van der Waals surface area (Å²) in [5.41, 5.74) is 0. The first-order chi connectivity index (χ1) is 12.8. The predicted molar refractivity (Wildman–Crippen MR) is 114 cm³/mol. The van der Waals surface area contributed by atoms with Gasteiger partial charge in [0.05, 0.1) is 12.3 Å². The van der Waals surface area contributed by atoms with Crippen molar-refractivity contribution < 1.29 is 8.94 Å². The van der Waals surface area contributed by atoms with Gasteiger partial charge >= 0.3 is 0 Å². The Balaban J connectivity index is 0.00000261. The highest BCUT2D eigenvalue weighted by molar-refractivity contribution is 14.0. The lowest BCUT2D eigenvalue weighted by atomic mass is 10.2. The lowest BCUT2D eigenvalue weighted by molar-refractivity contribution is 0.215. The number of nitrogens with zero attached hydrogens (tertiary/aromatic N) is 4. The first-order valence-electron chi connectivity index (χ1n) is 9.27. The van der Waals surface area contributed by atoms with Crippen molar-refractivity contribution in [3.63, 3.8) is 0 Å². The number of nitrogens with one attached hydrogen (secondary N) is 2. The maximum atomic E-state index is 5.66. The van der Waals surface area contributed by atoms with Crippen molar-refractivity contribution >= 4 is 29.9 Å². The van der Waals surface area contributed by atoms with E-state index in [0.29, 0.717) is 11.7 Å². The number of halogens is 1. The van der Waals surface area contributed by atoms with Crippen molar-refractivity contribution in [1.29, 1.82) is 0 Å². The Labute approximate surface area is 177 Å². The number of hydrogen-bond acceptors (Lipinski definition) is 6. The smallest absolute Gasteiger partial charge is 0.226 e. The second-order valence-electron chi connectivity index (χ2n) is 6.49. The van der Waals surface area contributed by atoms with E-state index in [2.05, 4.69) is 30.7 Å². The van der Waals surface area contributed by atoms with Crippen LogP contribution in [-0.2, 0) is 6.42 Å². The van der Waals surface area contributed by atoms with E-state index in [4.69, 9.17) is 8.94 Å². The Morgan fingerprint density at radius 3 is 2.78 bits per heavy atom. The van der Waals surface area contributed by atoms with Crippen LogP contribution < -0.4 is 10.6 Å². The minimum absolute atomic E-state index is 0. The van der Waals surface area contributed by atoms with Crippen LogP contribution in [0.3, 0.4) is 0 Å². The Hall–Kier alpha value is -1.62. The van der Waals surface area contributed by atoms with Gasteiger partial charge in [0, 0.05) is 26.6 Å². The minimum Gasteiger partial charge on any atom is -0.468 e. The number of furan rings is 1. The number of aryl methyl sites for hydroxylation is 2. The monoisotopic (exact) mass is 488 g/mol. The molecular weight excluding hydrogens is 459 g/mol. The van der Waals surface area contributed by atoms with Gasteiger partial charge in [-0.2, -0.15) is 4.98 Å². The van der Waals surface area contributed by atoms with Crippen molar-refractivity contribution in [2.75, 3.05) is 33.2 Å². The van der Waals surface area contributed by atoms with Crippen molar-refractivity contribution in [1.82, 2.24) is 25.7 Å². The van der Waals surface area contributed by atoms with Gasteiger partial charge in [0.2, 0.25) is 5.89 Å². The third-order valence-electron chi connectivity index (χ3n) is 4.57. The maximum Gasteiger partial charge on any atom is 0.226 e. The zero-order valence-electron chi connectivity index (χ0n) is 16.0. The molecule has 0 spiro atoms. The SMILES string of the molecule is CN=C(NCCCc1nc(C)no1)NCC(c1ccco1)N1CCCC1.I. The molecule has 150 valence electrons. The fraction of sp³-hybridized carbons (Fsp3) is 0.611. The molecule has 1 unspecified atom stereocenters. The summed E-state index contributed by atoms with van der Waals surface area (Å²) in [6.07, 6.45) is 5.90. The Morgan fingerprint density at radius 1 is 1.33 bits per heavy atom. The summed E-state index contributed by atoms with van der Waals surface area (Å²) in [7, 11) is 1.79. The van der Waals surface area contributed by atoms with Crippen molar-refractivity contribution in [2.45, 2.75) is 38.6 Å². The molecule has 0 bridgehead atoms. The molecule has 3 rings (SSSR count). The summed E-state index contributed by atoms with van der Waals surface area (Å²) >= 11 is 0. The average molecular weight is 488 g/mol. The van der Waals surface area contributed by atoms with Crippen LogP contribution in [0.5, 0.6) is 0 Å². The molecule has 1 fully saturated rings. The molecule has 0 radical (unpaired) electrons. The highest BCUT2D eigenvalue weighted by Crippen LogP contribution is 2.24. The fourth-order valence-corrected chi connectivity index (χ4v) is 3.25. The zero-order chi connectivity index (χ0) is 18.2. The molecule has 27 heavy (non-hydrogen) atoms. The standard InChI is InChI=1S/C18H28N6O2.HI/c1-14-22-17(26-23-14)8-5-9-20-18(19-2)21-13-15(16-7-6-12-25-16)24-10-3-4-11-24;/h6-7,12,15H,3-5,8-11,13H2,1-2H3,(H2,19,20,21);1H. The van der Waals surface area contributed by atoms with Crippen LogP contribution in [0.2, 0.25) is 0 Å². The molecule has 2 aromatic heterocycles. The van der Waals surface area contributed by atoms with E-state index in [-0.39, 0.29) is 30.0 Å². The van der Waals surface area contributed by atoms with Crippen molar-refractivity contribution in [3.8, 4) is 0 Å². The summed E-state index contributed by atoms with van der Waals surface area (Å²) in [6, 6.07) is 4.23. The molecule has 0 saturated carbocycles. The molecule has 0 amide bonds. The molecule has 9 heteroatoms. The maximum absolute atomic E-state index is 5.66. The lowest BCUT2D eigenvalue weighted by Crippen LogP contribution is -2.42. The fourth-order valence-electron chi connectivity index (χ4n) is 3.25. The molecule has 1 atom stereocenters. The van der Waals surface area contributed by atoms with E-state index in [9.17, 15) is 0 Å². The Bertz CT molecular complexity index is 682. The zero-order valence-corrected chi connectivity index (χ0v) is 18.3. The van der Waals surface area contributed by atoms with Crippen LogP contribution in [0.1, 0.15) is 42.8 Å². The number of guanidine groups is 1. The molecule has 1 aliphatic rings. The highest BCUT2D eigenvalue weighted by Gasteiger charge is 2.25. The lowest BCUT2D eigenvalue weighted by Gasteiger charge is -2.26. The third-order valence-corrected chi connectivity index (χ3v) is 4.57. The van der Waals surface area contributed by atoms with Gasteiger partial charge in [0.15, 0.2) is 11.8 Å². The molecule has 0 aromatic carbocycles. The van der Waals surface area contributed by atoms with Crippen LogP contribution in [0.25, 0.3) is 0 Å². The summed E-state index contributed by atoms with van der Waals surface area (Å²) in [4.78, 5) is 11.0. The number of aromatic nitrogens is 2. The van der Waals surface area contributed by atoms with Crippen LogP contribution in [0.4, 0.5) is 0 Å². The first kappa shape index (κ1) is 21.7. The van der Waals surface area contributed by atoms with Gasteiger partial charge in [-0.15, -0.1) is 24.0 Å². The van der Waals surface area contributed by atoms with Crippen LogP contribution in [-0.4, -0.2) is 54.2 Å². The Kier molecular flexibility index (Phi) is 9.05. The van der Waals surface area contributed by atoms with Crippen molar-refractivity contribution in [2.24, 2.45) is 4.99 Å². The summed E-state index contributed by atoms with van der Waals surface area (Å²) in [5, 5.41) is 10.6. The number of hydrogen-bond donors (Lipinski definition) is 2. The number of aliphatic imine (C=N–C) groups is 1. The van der Waals surface area contributed by atoms with Crippen LogP contribution >= 0.6 is 24.0 Å². The van der Waals surface area contributed by atoms with Crippen molar-refractivity contribution in [3.05, 3.63) is 35.9 Å². The van der Waals surface area contributed by atoms with E-state index in [1.54, 1.807) is 13.3 Å². The molecule has 1 aliphatic heterocycles. The number of rotatable bonds is 8. The van der Waals surface area contributed by atoms with Gasteiger partial charge in [-0.05, 0) is 51.4 Å². The van der Waals surface area contributed by atoms with Gasteiger partial charge in [-0.25, -0.2) is 0 Å². The average Bonchev–Trinajstić information content (AvgIpc) is 3.40. The van der Waals surface area contributed by atoms with Crippen LogP contribution in [0.15, 0.2) is 32.3 Å². The summed E-state index contributed by atoms with van der Waals surface area (Å²) < 4.78 is 10.8. The van der Waals surface area contributed by atoms with E-state index >= 15 is 0 Å².